The van der Waals surface area contributed by atoms with Crippen molar-refractivity contribution >= 4 is 87.5 Å². The van der Waals surface area contributed by atoms with Crippen LogP contribution in [-0.2, 0) is 16.0 Å². The van der Waals surface area contributed by atoms with E-state index >= 15 is 0 Å². The molecule has 3 rings (SSSR count). The third-order valence-corrected chi connectivity index (χ3v) is 8.70. The van der Waals surface area contributed by atoms with Gasteiger partial charge in [0.25, 0.3) is 11.8 Å². The molecule has 162 valence electrons. The van der Waals surface area contributed by atoms with Crippen LogP contribution in [0, 0.1) is 5.92 Å². The molecule has 0 radical (unpaired) electrons. The molecule has 2 aliphatic rings. The van der Waals surface area contributed by atoms with E-state index in [1.165, 1.54) is 6.07 Å². The van der Waals surface area contributed by atoms with Crippen molar-refractivity contribution in [2.24, 2.45) is 5.92 Å². The Hall–Kier alpha value is -0.780. The predicted molar refractivity (Wildman–Crippen MR) is 122 cm³/mol. The van der Waals surface area contributed by atoms with Gasteiger partial charge in [0.05, 0.1) is 20.8 Å². The minimum atomic E-state index is -2.11. The first-order valence-corrected chi connectivity index (χ1v) is 12.6. The lowest BCUT2D eigenvalue weighted by Gasteiger charge is -2.43. The quantitative estimate of drug-likeness (QED) is 0.326. The Kier molecular flexibility index (Phi) is 7.16. The van der Waals surface area contributed by atoms with Crippen LogP contribution in [0.4, 0.5) is 0 Å². The molecule has 2 unspecified atom stereocenters. The fraction of sp³-hybridized carbons (Fsp3) is 0.474. The second-order valence-electron chi connectivity index (χ2n) is 7.31. The lowest BCUT2D eigenvalue weighted by Crippen LogP contribution is -2.64. The van der Waals surface area contributed by atoms with Gasteiger partial charge in [0.15, 0.2) is 5.54 Å². The average Bonchev–Trinajstić information content (AvgIpc) is 2.92. The minimum Gasteiger partial charge on any atom is -0.481 e. The van der Waals surface area contributed by atoms with Crippen LogP contribution in [0.5, 0.6) is 0 Å². The first kappa shape index (κ1) is 23.9. The van der Waals surface area contributed by atoms with Crippen molar-refractivity contribution in [3.8, 4) is 0 Å². The number of amides is 2. The van der Waals surface area contributed by atoms with E-state index in [0.29, 0.717) is 45.1 Å². The number of hydrogen-bond donors (Lipinski definition) is 2. The lowest BCUT2D eigenvalue weighted by molar-refractivity contribution is -0.164. The molecule has 11 heteroatoms. The van der Waals surface area contributed by atoms with Gasteiger partial charge in [-0.25, -0.2) is 4.79 Å². The van der Waals surface area contributed by atoms with Gasteiger partial charge < -0.3 is 10.2 Å². The summed E-state index contributed by atoms with van der Waals surface area (Å²) in [4.78, 5) is 51.9. The molecule has 7 nitrogen and oxygen atoms in total. The Morgan fingerprint density at radius 2 is 1.83 bits per heavy atom. The maximum absolute atomic E-state index is 13.5. The van der Waals surface area contributed by atoms with E-state index < -0.39 is 35.2 Å². The summed E-state index contributed by atoms with van der Waals surface area (Å²) in [6, 6.07) is 1.48. The lowest BCUT2D eigenvalue weighted by atomic mass is 9.71. The molecule has 1 aromatic carbocycles. The molecule has 0 saturated heterocycles. The van der Waals surface area contributed by atoms with Crippen molar-refractivity contribution in [3.63, 3.8) is 0 Å². The maximum Gasteiger partial charge on any atom is 0.331 e. The fourth-order valence-electron chi connectivity index (χ4n) is 4.37. The smallest absolute Gasteiger partial charge is 0.331 e. The van der Waals surface area contributed by atoms with E-state index in [-0.39, 0.29) is 27.7 Å². The summed E-state index contributed by atoms with van der Waals surface area (Å²) in [5.74, 6) is -5.68. The first-order valence-electron chi connectivity index (χ1n) is 9.18. The average molecular weight is 675 g/mol. The first-order chi connectivity index (χ1) is 14.0. The monoisotopic (exact) mass is 671 g/mol. The zero-order valence-corrected chi connectivity index (χ0v) is 21.8. The largest absolute Gasteiger partial charge is 0.481 e. The molecule has 1 aliphatic carbocycles. The van der Waals surface area contributed by atoms with E-state index in [9.17, 15) is 29.4 Å². The highest BCUT2D eigenvalue weighted by Gasteiger charge is 2.61. The van der Waals surface area contributed by atoms with Crippen LogP contribution in [0.3, 0.4) is 0 Å². The topological polar surface area (TPSA) is 112 Å². The number of aliphatic carboxylic acids is 2. The number of rotatable bonds is 6. The summed E-state index contributed by atoms with van der Waals surface area (Å²) >= 11 is 13.6. The van der Waals surface area contributed by atoms with Crippen molar-refractivity contribution < 1.29 is 29.4 Å². The number of carboxylic acid groups (broad SMARTS) is 2. The Morgan fingerprint density at radius 1 is 1.17 bits per heavy atom. The number of imide groups is 1. The van der Waals surface area contributed by atoms with Gasteiger partial charge in [-0.15, -0.1) is 0 Å². The van der Waals surface area contributed by atoms with Gasteiger partial charge in [-0.3, -0.25) is 19.3 Å². The van der Waals surface area contributed by atoms with Crippen LogP contribution in [0.1, 0.15) is 58.4 Å². The van der Waals surface area contributed by atoms with E-state index in [4.69, 9.17) is 0 Å². The third kappa shape index (κ3) is 3.80. The number of fused-ring (bicyclic) bond motifs is 1. The van der Waals surface area contributed by atoms with Crippen LogP contribution < -0.4 is 0 Å². The molecule has 1 heterocycles. The van der Waals surface area contributed by atoms with E-state index in [0.717, 1.165) is 0 Å². The van der Waals surface area contributed by atoms with Gasteiger partial charge in [0, 0.05) is 8.95 Å². The van der Waals surface area contributed by atoms with Crippen LogP contribution in [0.25, 0.3) is 0 Å². The standard InChI is InChI=1S/C19H17Br4NO6/c20-11-7-9-13(8(14(11)23)4-5-12(21)22)16(26)24(15(9)25)19(18(29)30)6-2-1-3-10(19)17(27)28/h7,10,12H,1-6H2,(H,27,28)(H,29,30). The summed E-state index contributed by atoms with van der Waals surface area (Å²) in [7, 11) is 0. The van der Waals surface area contributed by atoms with Crippen LogP contribution in [-0.4, -0.2) is 48.1 Å². The Balaban J connectivity index is 2.19. The zero-order valence-electron chi connectivity index (χ0n) is 15.5. The van der Waals surface area contributed by atoms with Crippen LogP contribution in [0.15, 0.2) is 15.0 Å². The molecule has 30 heavy (non-hydrogen) atoms. The van der Waals surface area contributed by atoms with Crippen molar-refractivity contribution in [3.05, 3.63) is 31.7 Å². The molecule has 1 aromatic rings. The number of alkyl halides is 2. The summed E-state index contributed by atoms with van der Waals surface area (Å²) in [6.07, 6.45) is 1.97. The molecule has 1 aliphatic heterocycles. The van der Waals surface area contributed by atoms with Gasteiger partial charge in [0.2, 0.25) is 0 Å². The number of hydrogen-bond acceptors (Lipinski definition) is 4. The summed E-state index contributed by atoms with van der Waals surface area (Å²) < 4.78 is 1.14. The Bertz CT molecular complexity index is 949. The number of halogens is 4. The molecule has 2 atom stereocenters. The summed E-state index contributed by atoms with van der Waals surface area (Å²) in [5.41, 5.74) is -1.32. The van der Waals surface area contributed by atoms with Crippen molar-refractivity contribution in [1.29, 1.82) is 0 Å². The molecule has 1 fully saturated rings. The minimum absolute atomic E-state index is 0.0186. The zero-order chi connectivity index (χ0) is 22.4. The van der Waals surface area contributed by atoms with Gasteiger partial charge in [-0.1, -0.05) is 44.7 Å². The van der Waals surface area contributed by atoms with Gasteiger partial charge in [0.1, 0.15) is 0 Å². The number of carbonyl (C=O) groups is 4. The highest BCUT2D eigenvalue weighted by molar-refractivity contribution is 9.24. The summed E-state index contributed by atoms with van der Waals surface area (Å²) in [5, 5.41) is 19.8. The number of nitrogens with zero attached hydrogens (tertiary/aromatic N) is 1. The highest BCUT2D eigenvalue weighted by Crippen LogP contribution is 2.46. The number of carboxylic acids is 2. The molecule has 2 amide bonds. The fourth-order valence-corrected chi connectivity index (χ4v) is 5.81. The van der Waals surface area contributed by atoms with Crippen molar-refractivity contribution in [1.82, 2.24) is 4.90 Å². The van der Waals surface area contributed by atoms with Crippen LogP contribution >= 0.6 is 63.7 Å². The van der Waals surface area contributed by atoms with E-state index in [1.807, 2.05) is 0 Å². The number of carbonyl (C=O) groups excluding carboxylic acids is 2. The predicted octanol–water partition coefficient (Wildman–Crippen LogP) is 4.95. The van der Waals surface area contributed by atoms with Crippen molar-refractivity contribution in [2.75, 3.05) is 0 Å². The SMILES string of the molecule is O=C(O)C1CCCCC1(C(=O)O)N1C(=O)c2cc(Br)c(Br)c(CCC(Br)Br)c2C1=O. The Morgan fingerprint density at radius 3 is 2.40 bits per heavy atom. The van der Waals surface area contributed by atoms with E-state index in [2.05, 4.69) is 63.7 Å². The van der Waals surface area contributed by atoms with Gasteiger partial charge in [-0.2, -0.15) is 0 Å². The van der Waals surface area contributed by atoms with E-state index in [1.54, 1.807) is 0 Å². The van der Waals surface area contributed by atoms with Crippen LogP contribution in [0.2, 0.25) is 0 Å². The Labute approximate surface area is 206 Å². The summed E-state index contributed by atoms with van der Waals surface area (Å²) in [6.45, 7) is 0. The van der Waals surface area contributed by atoms with Crippen molar-refractivity contribution in [2.45, 2.75) is 47.8 Å². The molecule has 2 N–H and O–H groups in total. The highest BCUT2D eigenvalue weighted by atomic mass is 79.9. The van der Waals surface area contributed by atoms with Gasteiger partial charge in [-0.05, 0) is 69.2 Å². The molecular formula is C19H17Br4NO6. The normalized spacial score (nSPS) is 23.8. The number of benzene rings is 1. The molecule has 0 bridgehead atoms. The molecule has 1 saturated carbocycles. The molecule has 0 spiro atoms. The van der Waals surface area contributed by atoms with Gasteiger partial charge >= 0.3 is 11.9 Å². The second kappa shape index (κ2) is 8.99. The molecule has 0 aromatic heterocycles. The second-order valence-corrected chi connectivity index (χ2v) is 12.4. The third-order valence-electron chi connectivity index (χ3n) is 5.72. The molecular weight excluding hydrogens is 658 g/mol. The maximum atomic E-state index is 13.5.